The summed E-state index contributed by atoms with van der Waals surface area (Å²) in [6, 6.07) is 13.2. The molecule has 0 aliphatic heterocycles. The molecule has 0 aliphatic carbocycles. The zero-order valence-electron chi connectivity index (χ0n) is 14.8. The van der Waals surface area contributed by atoms with Crippen LogP contribution < -0.4 is 10.1 Å². The SMILES string of the molecule is COc1ccc(-c2nnc(SCC(=O)Nc3c(C)cccc3C)o2)cc1. The first-order valence-electron chi connectivity index (χ1n) is 8.03. The van der Waals surface area contributed by atoms with E-state index in [0.29, 0.717) is 11.1 Å². The van der Waals surface area contributed by atoms with Crippen molar-refractivity contribution >= 4 is 23.4 Å². The number of carbonyl (C=O) groups is 1. The average Bonchev–Trinajstić information content (AvgIpc) is 3.12. The molecule has 1 heterocycles. The lowest BCUT2D eigenvalue weighted by molar-refractivity contribution is -0.113. The van der Waals surface area contributed by atoms with Crippen LogP contribution in [0.3, 0.4) is 0 Å². The highest BCUT2D eigenvalue weighted by Crippen LogP contribution is 2.25. The number of nitrogens with one attached hydrogen (secondary N) is 1. The summed E-state index contributed by atoms with van der Waals surface area (Å²) in [5, 5.41) is 11.3. The lowest BCUT2D eigenvalue weighted by Crippen LogP contribution is -2.15. The van der Waals surface area contributed by atoms with Gasteiger partial charge in [-0.1, -0.05) is 30.0 Å². The molecular formula is C19H19N3O3S. The molecule has 3 rings (SSSR count). The quantitative estimate of drug-likeness (QED) is 0.660. The first-order valence-corrected chi connectivity index (χ1v) is 9.02. The van der Waals surface area contributed by atoms with Crippen LogP contribution in [0.4, 0.5) is 5.69 Å². The van der Waals surface area contributed by atoms with Gasteiger partial charge in [0, 0.05) is 11.3 Å². The first-order chi connectivity index (χ1) is 12.6. The normalized spacial score (nSPS) is 10.6. The molecule has 26 heavy (non-hydrogen) atoms. The van der Waals surface area contributed by atoms with Gasteiger partial charge in [0.25, 0.3) is 5.22 Å². The minimum atomic E-state index is -0.114. The van der Waals surface area contributed by atoms with E-state index in [1.807, 2.05) is 56.3 Å². The molecule has 0 fully saturated rings. The first kappa shape index (κ1) is 18.0. The van der Waals surface area contributed by atoms with Gasteiger partial charge in [0.2, 0.25) is 11.8 Å². The van der Waals surface area contributed by atoms with Crippen molar-refractivity contribution < 1.29 is 13.9 Å². The molecule has 0 aliphatic rings. The number of ether oxygens (including phenoxy) is 1. The van der Waals surface area contributed by atoms with Crippen molar-refractivity contribution in [1.29, 1.82) is 0 Å². The predicted octanol–water partition coefficient (Wildman–Crippen LogP) is 4.09. The van der Waals surface area contributed by atoms with Crippen LogP contribution >= 0.6 is 11.8 Å². The van der Waals surface area contributed by atoms with Gasteiger partial charge < -0.3 is 14.5 Å². The standard InChI is InChI=1S/C19H19N3O3S/c1-12-5-4-6-13(2)17(12)20-16(23)11-26-19-22-21-18(25-19)14-7-9-15(24-3)10-8-14/h4-10H,11H2,1-3H3,(H,20,23). The molecule has 2 aromatic carbocycles. The monoisotopic (exact) mass is 369 g/mol. The number of aryl methyl sites for hydroxylation is 2. The van der Waals surface area contributed by atoms with Crippen molar-refractivity contribution in [3.8, 4) is 17.2 Å². The van der Waals surface area contributed by atoms with E-state index in [1.165, 1.54) is 11.8 Å². The number of anilines is 1. The summed E-state index contributed by atoms with van der Waals surface area (Å²) in [6.07, 6.45) is 0. The highest BCUT2D eigenvalue weighted by Gasteiger charge is 2.12. The third kappa shape index (κ3) is 4.23. The zero-order valence-corrected chi connectivity index (χ0v) is 15.6. The van der Waals surface area contributed by atoms with Crippen LogP contribution in [0.2, 0.25) is 0 Å². The van der Waals surface area contributed by atoms with Gasteiger partial charge in [0.1, 0.15) is 5.75 Å². The molecule has 0 saturated carbocycles. The number of nitrogens with zero attached hydrogens (tertiary/aromatic N) is 2. The van der Waals surface area contributed by atoms with Gasteiger partial charge in [-0.05, 0) is 49.2 Å². The summed E-state index contributed by atoms with van der Waals surface area (Å²) in [6.45, 7) is 3.93. The van der Waals surface area contributed by atoms with E-state index in [9.17, 15) is 4.79 Å². The number of thioether (sulfide) groups is 1. The zero-order chi connectivity index (χ0) is 18.5. The largest absolute Gasteiger partial charge is 0.497 e. The number of aromatic nitrogens is 2. The van der Waals surface area contributed by atoms with Crippen LogP contribution in [0.5, 0.6) is 5.75 Å². The van der Waals surface area contributed by atoms with Crippen LogP contribution in [-0.2, 0) is 4.79 Å². The van der Waals surface area contributed by atoms with E-state index in [4.69, 9.17) is 9.15 Å². The van der Waals surface area contributed by atoms with Gasteiger partial charge in [-0.25, -0.2) is 0 Å². The van der Waals surface area contributed by atoms with E-state index in [2.05, 4.69) is 15.5 Å². The molecule has 0 radical (unpaired) electrons. The molecular weight excluding hydrogens is 350 g/mol. The van der Waals surface area contributed by atoms with Crippen LogP contribution in [0.15, 0.2) is 52.1 Å². The van der Waals surface area contributed by atoms with E-state index >= 15 is 0 Å². The summed E-state index contributed by atoms with van der Waals surface area (Å²) in [5.41, 5.74) is 3.71. The van der Waals surface area contributed by atoms with Crippen molar-refractivity contribution in [2.45, 2.75) is 19.1 Å². The maximum absolute atomic E-state index is 12.2. The Labute approximate surface area is 156 Å². The second-order valence-corrected chi connectivity index (χ2v) is 6.63. The third-order valence-electron chi connectivity index (χ3n) is 3.82. The van der Waals surface area contributed by atoms with E-state index in [1.54, 1.807) is 7.11 Å². The number of carbonyl (C=O) groups excluding carboxylic acids is 1. The average molecular weight is 369 g/mol. The summed E-state index contributed by atoms with van der Waals surface area (Å²) in [4.78, 5) is 12.2. The summed E-state index contributed by atoms with van der Waals surface area (Å²) < 4.78 is 10.7. The van der Waals surface area contributed by atoms with Gasteiger partial charge >= 0.3 is 0 Å². The number of benzene rings is 2. The van der Waals surface area contributed by atoms with Gasteiger partial charge in [-0.3, -0.25) is 4.79 Å². The maximum atomic E-state index is 12.2. The Balaban J connectivity index is 1.60. The Kier molecular flexibility index (Phi) is 5.58. The summed E-state index contributed by atoms with van der Waals surface area (Å²) in [7, 11) is 1.61. The Bertz CT molecular complexity index is 886. The number of amides is 1. The van der Waals surface area contributed by atoms with Crippen molar-refractivity contribution in [2.75, 3.05) is 18.2 Å². The fourth-order valence-electron chi connectivity index (χ4n) is 2.43. The number of hydrogen-bond donors (Lipinski definition) is 1. The predicted molar refractivity (Wildman–Crippen MR) is 102 cm³/mol. The molecule has 0 unspecified atom stereocenters. The summed E-state index contributed by atoms with van der Waals surface area (Å²) >= 11 is 1.21. The van der Waals surface area contributed by atoms with E-state index < -0.39 is 0 Å². The van der Waals surface area contributed by atoms with E-state index in [0.717, 1.165) is 28.1 Å². The second kappa shape index (κ2) is 8.05. The Morgan fingerprint density at radius 1 is 1.12 bits per heavy atom. The smallest absolute Gasteiger partial charge is 0.277 e. The molecule has 1 amide bonds. The molecule has 0 atom stereocenters. The van der Waals surface area contributed by atoms with Crippen molar-refractivity contribution in [3.63, 3.8) is 0 Å². The fraction of sp³-hybridized carbons (Fsp3) is 0.211. The van der Waals surface area contributed by atoms with Crippen LogP contribution in [0.25, 0.3) is 11.5 Å². The molecule has 6 nitrogen and oxygen atoms in total. The fourth-order valence-corrected chi connectivity index (χ4v) is 3.00. The van der Waals surface area contributed by atoms with E-state index in [-0.39, 0.29) is 11.7 Å². The molecule has 134 valence electrons. The highest BCUT2D eigenvalue weighted by molar-refractivity contribution is 7.99. The lowest BCUT2D eigenvalue weighted by Gasteiger charge is -2.10. The molecule has 0 spiro atoms. The maximum Gasteiger partial charge on any atom is 0.277 e. The van der Waals surface area contributed by atoms with Crippen LogP contribution in [0, 0.1) is 13.8 Å². The second-order valence-electron chi connectivity index (χ2n) is 5.71. The number of methoxy groups -OCH3 is 1. The lowest BCUT2D eigenvalue weighted by atomic mass is 10.1. The Morgan fingerprint density at radius 2 is 1.81 bits per heavy atom. The molecule has 0 saturated heterocycles. The van der Waals surface area contributed by atoms with Crippen molar-refractivity contribution in [1.82, 2.24) is 10.2 Å². The molecule has 0 bridgehead atoms. The van der Waals surface area contributed by atoms with Crippen molar-refractivity contribution in [3.05, 3.63) is 53.6 Å². The number of rotatable bonds is 6. The molecule has 1 N–H and O–H groups in total. The molecule has 7 heteroatoms. The van der Waals surface area contributed by atoms with Crippen molar-refractivity contribution in [2.24, 2.45) is 0 Å². The third-order valence-corrected chi connectivity index (χ3v) is 4.63. The number of hydrogen-bond acceptors (Lipinski definition) is 6. The Morgan fingerprint density at radius 3 is 2.46 bits per heavy atom. The topological polar surface area (TPSA) is 77.2 Å². The van der Waals surface area contributed by atoms with Gasteiger partial charge in [-0.15, -0.1) is 10.2 Å². The minimum Gasteiger partial charge on any atom is -0.497 e. The highest BCUT2D eigenvalue weighted by atomic mass is 32.2. The van der Waals surface area contributed by atoms with Gasteiger partial charge in [0.15, 0.2) is 0 Å². The number of para-hydroxylation sites is 1. The van der Waals surface area contributed by atoms with Gasteiger partial charge in [-0.2, -0.15) is 0 Å². The molecule has 1 aromatic heterocycles. The van der Waals surface area contributed by atoms with Crippen LogP contribution in [-0.4, -0.2) is 29.0 Å². The summed E-state index contributed by atoms with van der Waals surface area (Å²) in [5.74, 6) is 1.24. The Hall–Kier alpha value is -2.80. The molecule has 3 aromatic rings. The minimum absolute atomic E-state index is 0.114. The van der Waals surface area contributed by atoms with Gasteiger partial charge in [0.05, 0.1) is 12.9 Å². The van der Waals surface area contributed by atoms with Crippen LogP contribution in [0.1, 0.15) is 11.1 Å².